The lowest BCUT2D eigenvalue weighted by Crippen LogP contribution is -1.91. The monoisotopic (exact) mass is 720 g/mol. The van der Waals surface area contributed by atoms with Gasteiger partial charge >= 0.3 is 0 Å². The predicted molar refractivity (Wildman–Crippen MR) is 229 cm³/mol. The van der Waals surface area contributed by atoms with Gasteiger partial charge in [0.1, 0.15) is 0 Å². The zero-order valence-electron chi connectivity index (χ0n) is 28.9. The van der Waals surface area contributed by atoms with Gasteiger partial charge in [0.15, 0.2) is 0 Å². The second kappa shape index (κ2) is 13.0. The van der Waals surface area contributed by atoms with Crippen molar-refractivity contribution in [1.82, 2.24) is 0 Å². The quantitative estimate of drug-likeness (QED) is 0.178. The first kappa shape index (κ1) is 31.9. The van der Waals surface area contributed by atoms with Crippen molar-refractivity contribution in [1.29, 1.82) is 10.5 Å². The fourth-order valence-electron chi connectivity index (χ4n) is 7.71. The van der Waals surface area contributed by atoms with Crippen molar-refractivity contribution in [2.24, 2.45) is 0 Å². The molecule has 0 saturated heterocycles. The van der Waals surface area contributed by atoms with E-state index in [1.165, 1.54) is 40.3 Å². The lowest BCUT2D eigenvalue weighted by molar-refractivity contribution is 1.47. The molecule has 0 bridgehead atoms. The molecule has 0 aliphatic heterocycles. The van der Waals surface area contributed by atoms with Crippen molar-refractivity contribution < 1.29 is 0 Å². The van der Waals surface area contributed by atoms with E-state index < -0.39 is 0 Å². The molecule has 0 unspecified atom stereocenters. The highest BCUT2D eigenvalue weighted by Crippen LogP contribution is 2.42. The maximum Gasteiger partial charge on any atom is 0.0998 e. The molecule has 0 radical (unpaired) electrons. The number of nitrogens with zero attached hydrogens (tertiary/aromatic N) is 2. The van der Waals surface area contributed by atoms with Crippen LogP contribution in [0.25, 0.3) is 96.0 Å². The molecule has 2 aromatic heterocycles. The van der Waals surface area contributed by atoms with Gasteiger partial charge < -0.3 is 0 Å². The summed E-state index contributed by atoms with van der Waals surface area (Å²) >= 11 is 3.66. The van der Waals surface area contributed by atoms with Gasteiger partial charge in [-0.1, -0.05) is 97.1 Å². The predicted octanol–water partition coefficient (Wildman–Crippen LogP) is 14.5. The van der Waals surface area contributed by atoms with Crippen molar-refractivity contribution in [3.8, 4) is 67.8 Å². The number of fused-ring (bicyclic) bond motifs is 6. The summed E-state index contributed by atoms with van der Waals surface area (Å²) in [5, 5.41) is 25.3. The molecule has 0 amide bonds. The van der Waals surface area contributed by atoms with E-state index in [0.29, 0.717) is 11.1 Å². The fourth-order valence-corrected chi connectivity index (χ4v) is 10.00. The third-order valence-electron chi connectivity index (χ3n) is 10.3. The van der Waals surface area contributed by atoms with E-state index in [4.69, 9.17) is 0 Å². The molecule has 0 fully saturated rings. The molecular formula is C50H28N2S2. The molecule has 54 heavy (non-hydrogen) atoms. The average Bonchev–Trinajstić information content (AvgIpc) is 3.81. The summed E-state index contributed by atoms with van der Waals surface area (Å²) in [6, 6.07) is 64.5. The number of hydrogen-bond acceptors (Lipinski definition) is 4. The van der Waals surface area contributed by atoms with Crippen molar-refractivity contribution in [3.63, 3.8) is 0 Å². The first-order valence-electron chi connectivity index (χ1n) is 17.8. The van der Waals surface area contributed by atoms with E-state index in [1.807, 2.05) is 71.2 Å². The zero-order valence-corrected chi connectivity index (χ0v) is 30.5. The smallest absolute Gasteiger partial charge is 0.0998 e. The van der Waals surface area contributed by atoms with Crippen LogP contribution in [0, 0.1) is 22.7 Å². The van der Waals surface area contributed by atoms with Gasteiger partial charge in [-0.05, 0) is 128 Å². The molecule has 0 aliphatic rings. The highest BCUT2D eigenvalue weighted by atomic mass is 32.1. The van der Waals surface area contributed by atoms with Crippen LogP contribution < -0.4 is 0 Å². The van der Waals surface area contributed by atoms with Gasteiger partial charge in [-0.15, -0.1) is 22.7 Å². The van der Waals surface area contributed by atoms with E-state index in [-0.39, 0.29) is 0 Å². The second-order valence-electron chi connectivity index (χ2n) is 13.5. The Labute approximate surface area is 320 Å². The molecule has 250 valence electrons. The lowest BCUT2D eigenvalue weighted by atomic mass is 9.88. The highest BCUT2D eigenvalue weighted by Gasteiger charge is 2.16. The standard InChI is InChI=1S/C50H28N2S2/c51-29-33-9-1-3-11-41(33)39-24-38(25-40(26-39)42-12-4-2-10-34(42)30-52)37-22-35(31-17-19-45-43-13-5-7-15-47(43)53-49(45)27-31)21-36(23-37)32-18-20-46-44-14-6-8-16-48(44)54-50(46)28-32/h1-28H. The van der Waals surface area contributed by atoms with Crippen LogP contribution in [0.4, 0.5) is 0 Å². The third-order valence-corrected chi connectivity index (χ3v) is 12.6. The second-order valence-corrected chi connectivity index (χ2v) is 15.7. The molecule has 10 rings (SSSR count). The topological polar surface area (TPSA) is 47.6 Å². The van der Waals surface area contributed by atoms with Crippen LogP contribution in [0.3, 0.4) is 0 Å². The number of hydrogen-bond donors (Lipinski definition) is 0. The summed E-state index contributed by atoms with van der Waals surface area (Å²) in [5.41, 5.74) is 11.4. The van der Waals surface area contributed by atoms with Crippen LogP contribution >= 0.6 is 22.7 Å². The molecule has 10 aromatic rings. The van der Waals surface area contributed by atoms with Crippen molar-refractivity contribution in [3.05, 3.63) is 181 Å². The molecular weight excluding hydrogens is 693 g/mol. The maximum atomic E-state index is 10.1. The molecule has 0 spiro atoms. The first-order valence-corrected chi connectivity index (χ1v) is 19.4. The minimum Gasteiger partial charge on any atom is -0.192 e. The Hall–Kier alpha value is -6.82. The van der Waals surface area contributed by atoms with Gasteiger partial charge in [0, 0.05) is 40.3 Å². The molecule has 0 N–H and O–H groups in total. The number of nitriles is 2. The normalized spacial score (nSPS) is 11.3. The molecule has 2 nitrogen and oxygen atoms in total. The molecule has 2 heterocycles. The Bertz CT molecular complexity index is 3000. The Morgan fingerprint density at radius 1 is 0.296 bits per heavy atom. The Kier molecular flexibility index (Phi) is 7.67. The van der Waals surface area contributed by atoms with Crippen LogP contribution in [0.5, 0.6) is 0 Å². The molecule has 8 aromatic carbocycles. The van der Waals surface area contributed by atoms with E-state index in [9.17, 15) is 10.5 Å². The summed E-state index contributed by atoms with van der Waals surface area (Å²) in [6.07, 6.45) is 0. The summed E-state index contributed by atoms with van der Waals surface area (Å²) < 4.78 is 5.10. The summed E-state index contributed by atoms with van der Waals surface area (Å²) in [4.78, 5) is 0. The van der Waals surface area contributed by atoms with Crippen LogP contribution in [0.2, 0.25) is 0 Å². The average molecular weight is 721 g/mol. The lowest BCUT2D eigenvalue weighted by Gasteiger charge is -2.15. The number of benzene rings is 8. The number of thiophene rings is 2. The Balaban J connectivity index is 1.22. The summed E-state index contributed by atoms with van der Waals surface area (Å²) in [5.74, 6) is 0. The van der Waals surface area contributed by atoms with Gasteiger partial charge in [-0.3, -0.25) is 0 Å². The van der Waals surface area contributed by atoms with E-state index in [1.54, 1.807) is 0 Å². The maximum absolute atomic E-state index is 10.1. The summed E-state index contributed by atoms with van der Waals surface area (Å²) in [6.45, 7) is 0. The fraction of sp³-hybridized carbons (Fsp3) is 0. The van der Waals surface area contributed by atoms with Crippen LogP contribution in [-0.4, -0.2) is 0 Å². The Morgan fingerprint density at radius 2 is 0.648 bits per heavy atom. The molecule has 0 saturated carbocycles. The Morgan fingerprint density at radius 3 is 1.11 bits per heavy atom. The van der Waals surface area contributed by atoms with E-state index in [0.717, 1.165) is 55.6 Å². The third kappa shape index (κ3) is 5.45. The van der Waals surface area contributed by atoms with Gasteiger partial charge in [0.25, 0.3) is 0 Å². The minimum atomic E-state index is 0.608. The van der Waals surface area contributed by atoms with Crippen molar-refractivity contribution in [2.75, 3.05) is 0 Å². The molecule has 0 aliphatic carbocycles. The van der Waals surface area contributed by atoms with Gasteiger partial charge in [0.2, 0.25) is 0 Å². The van der Waals surface area contributed by atoms with Crippen LogP contribution in [0.1, 0.15) is 11.1 Å². The SMILES string of the molecule is N#Cc1ccccc1-c1cc(-c2cc(-c3ccc4c(c3)sc3ccccc34)cc(-c3ccc4c(c3)sc3ccccc34)c2)cc(-c2ccccc2C#N)c1. The molecule has 0 atom stereocenters. The van der Waals surface area contributed by atoms with E-state index >= 15 is 0 Å². The number of rotatable bonds is 5. The van der Waals surface area contributed by atoms with Crippen molar-refractivity contribution >= 4 is 63.0 Å². The van der Waals surface area contributed by atoms with Gasteiger partial charge in [-0.25, -0.2) is 0 Å². The van der Waals surface area contributed by atoms with E-state index in [2.05, 4.69) is 133 Å². The van der Waals surface area contributed by atoms with Crippen LogP contribution in [-0.2, 0) is 0 Å². The minimum absolute atomic E-state index is 0.608. The van der Waals surface area contributed by atoms with Gasteiger partial charge in [-0.2, -0.15) is 10.5 Å². The van der Waals surface area contributed by atoms with Crippen LogP contribution in [0.15, 0.2) is 170 Å². The summed E-state index contributed by atoms with van der Waals surface area (Å²) in [7, 11) is 0. The van der Waals surface area contributed by atoms with Crippen molar-refractivity contribution in [2.45, 2.75) is 0 Å². The van der Waals surface area contributed by atoms with Gasteiger partial charge in [0.05, 0.1) is 23.3 Å². The highest BCUT2D eigenvalue weighted by molar-refractivity contribution is 7.26. The first-order chi connectivity index (χ1) is 26.6. The largest absolute Gasteiger partial charge is 0.192 e. The molecule has 4 heteroatoms. The zero-order chi connectivity index (χ0) is 36.2.